The molecule has 0 aromatic rings. The summed E-state index contributed by atoms with van der Waals surface area (Å²) in [6, 6.07) is 1.22. The second-order valence-corrected chi connectivity index (χ2v) is 6.28. The van der Waals surface area contributed by atoms with Gasteiger partial charge in [-0.1, -0.05) is 0 Å². The van der Waals surface area contributed by atoms with Gasteiger partial charge in [-0.15, -0.1) is 0 Å². The van der Waals surface area contributed by atoms with Crippen molar-refractivity contribution in [1.82, 2.24) is 15.5 Å². The van der Waals surface area contributed by atoms with E-state index in [0.717, 1.165) is 38.0 Å². The molecule has 1 unspecified atom stereocenters. The first-order valence-electron chi connectivity index (χ1n) is 7.86. The summed E-state index contributed by atoms with van der Waals surface area (Å²) >= 11 is 0. The van der Waals surface area contributed by atoms with Gasteiger partial charge in [0.05, 0.1) is 0 Å². The van der Waals surface area contributed by atoms with Gasteiger partial charge in [-0.05, 0) is 65.1 Å². The van der Waals surface area contributed by atoms with Crippen LogP contribution in [0, 0.1) is 5.92 Å². The van der Waals surface area contributed by atoms with Crippen molar-refractivity contribution in [2.24, 2.45) is 5.92 Å². The highest BCUT2D eigenvalue weighted by atomic mass is 16.1. The van der Waals surface area contributed by atoms with E-state index in [1.165, 1.54) is 25.7 Å². The Labute approximate surface area is 117 Å². The molecule has 4 heteroatoms. The molecule has 2 aliphatic rings. The fraction of sp³-hybridized carbons (Fsp3) is 0.933. The van der Waals surface area contributed by atoms with Gasteiger partial charge in [0.2, 0.25) is 5.91 Å². The smallest absolute Gasteiger partial charge is 0.220 e. The number of hydrogen-bond donors (Lipinski definition) is 2. The molecule has 19 heavy (non-hydrogen) atoms. The number of nitrogens with one attached hydrogen (secondary N) is 2. The van der Waals surface area contributed by atoms with Crippen LogP contribution in [0.2, 0.25) is 0 Å². The van der Waals surface area contributed by atoms with Crippen molar-refractivity contribution in [3.05, 3.63) is 0 Å². The minimum atomic E-state index is 0.231. The summed E-state index contributed by atoms with van der Waals surface area (Å²) in [5.41, 5.74) is 0. The lowest BCUT2D eigenvalue weighted by Crippen LogP contribution is -2.41. The number of nitrogens with zero attached hydrogens (tertiary/aromatic N) is 1. The Morgan fingerprint density at radius 2 is 2.00 bits per heavy atom. The average Bonchev–Trinajstić information content (AvgIpc) is 3.27. The van der Waals surface area contributed by atoms with Crippen molar-refractivity contribution in [1.29, 1.82) is 0 Å². The van der Waals surface area contributed by atoms with Crippen molar-refractivity contribution < 1.29 is 4.79 Å². The summed E-state index contributed by atoms with van der Waals surface area (Å²) in [5, 5.41) is 6.45. The zero-order valence-electron chi connectivity index (χ0n) is 12.5. The second-order valence-electron chi connectivity index (χ2n) is 6.28. The number of amides is 1. The summed E-state index contributed by atoms with van der Waals surface area (Å²) in [4.78, 5) is 14.2. The zero-order chi connectivity index (χ0) is 13.7. The molecular weight excluding hydrogens is 238 g/mol. The highest BCUT2D eigenvalue weighted by Crippen LogP contribution is 2.26. The van der Waals surface area contributed by atoms with E-state index in [1.807, 2.05) is 0 Å². The predicted molar refractivity (Wildman–Crippen MR) is 78.1 cm³/mol. The van der Waals surface area contributed by atoms with Crippen molar-refractivity contribution in [3.8, 4) is 0 Å². The molecular formula is C15H29N3O. The maximum absolute atomic E-state index is 11.9. The summed E-state index contributed by atoms with van der Waals surface area (Å²) in [7, 11) is 2.17. The highest BCUT2D eigenvalue weighted by molar-refractivity contribution is 5.75. The van der Waals surface area contributed by atoms with E-state index in [2.05, 4.69) is 29.5 Å². The van der Waals surface area contributed by atoms with Gasteiger partial charge in [-0.3, -0.25) is 9.69 Å². The molecule has 0 radical (unpaired) electrons. The predicted octanol–water partition coefficient (Wildman–Crippen LogP) is 1.37. The van der Waals surface area contributed by atoms with Crippen LogP contribution in [0.5, 0.6) is 0 Å². The molecule has 1 amide bonds. The minimum Gasteiger partial charge on any atom is -0.355 e. The second kappa shape index (κ2) is 7.25. The molecule has 0 aromatic carbocycles. The largest absolute Gasteiger partial charge is 0.355 e. The van der Waals surface area contributed by atoms with Crippen LogP contribution in [-0.2, 0) is 4.79 Å². The maximum Gasteiger partial charge on any atom is 0.220 e. The molecule has 4 nitrogen and oxygen atoms in total. The van der Waals surface area contributed by atoms with E-state index < -0.39 is 0 Å². The number of piperidine rings is 1. The van der Waals surface area contributed by atoms with E-state index in [1.54, 1.807) is 0 Å². The van der Waals surface area contributed by atoms with E-state index in [9.17, 15) is 4.79 Å². The van der Waals surface area contributed by atoms with Crippen molar-refractivity contribution >= 4 is 5.91 Å². The molecule has 1 heterocycles. The zero-order valence-corrected chi connectivity index (χ0v) is 12.5. The molecule has 0 aromatic heterocycles. The summed E-state index contributed by atoms with van der Waals surface area (Å²) in [5.74, 6) is 0.980. The fourth-order valence-electron chi connectivity index (χ4n) is 2.84. The van der Waals surface area contributed by atoms with E-state index in [4.69, 9.17) is 0 Å². The minimum absolute atomic E-state index is 0.231. The van der Waals surface area contributed by atoms with Crippen LogP contribution >= 0.6 is 0 Å². The van der Waals surface area contributed by atoms with Crippen LogP contribution in [0.3, 0.4) is 0 Å². The first-order valence-corrected chi connectivity index (χ1v) is 7.86. The SMILES string of the molecule is CC(CNC(=O)CCC1CCNCC1)N(C)C1CC1. The van der Waals surface area contributed by atoms with E-state index in [-0.39, 0.29) is 5.91 Å². The Morgan fingerprint density at radius 1 is 1.32 bits per heavy atom. The summed E-state index contributed by atoms with van der Waals surface area (Å²) in [6.45, 7) is 5.23. The van der Waals surface area contributed by atoms with Crippen LogP contribution in [0.15, 0.2) is 0 Å². The molecule has 0 bridgehead atoms. The van der Waals surface area contributed by atoms with Crippen LogP contribution < -0.4 is 10.6 Å². The van der Waals surface area contributed by atoms with Gasteiger partial charge in [0.25, 0.3) is 0 Å². The lowest BCUT2D eigenvalue weighted by molar-refractivity contribution is -0.121. The molecule has 1 aliphatic heterocycles. The molecule has 2 rings (SSSR count). The molecule has 1 saturated heterocycles. The van der Waals surface area contributed by atoms with Gasteiger partial charge in [0.15, 0.2) is 0 Å². The Balaban J connectivity index is 1.55. The number of carbonyl (C=O) groups excluding carboxylic acids is 1. The molecule has 1 aliphatic carbocycles. The van der Waals surface area contributed by atoms with Crippen LogP contribution in [0.1, 0.15) is 45.4 Å². The quantitative estimate of drug-likeness (QED) is 0.732. The Hall–Kier alpha value is -0.610. The monoisotopic (exact) mass is 267 g/mol. The van der Waals surface area contributed by atoms with Crippen molar-refractivity contribution in [2.75, 3.05) is 26.7 Å². The Kier molecular flexibility index (Phi) is 5.64. The number of rotatable bonds is 7. The lowest BCUT2D eigenvalue weighted by Gasteiger charge is -2.25. The third-order valence-corrected chi connectivity index (χ3v) is 4.65. The third-order valence-electron chi connectivity index (χ3n) is 4.65. The lowest BCUT2D eigenvalue weighted by atomic mass is 9.93. The Bertz CT molecular complexity index is 285. The summed E-state index contributed by atoms with van der Waals surface area (Å²) < 4.78 is 0. The van der Waals surface area contributed by atoms with E-state index in [0.29, 0.717) is 12.5 Å². The van der Waals surface area contributed by atoms with Gasteiger partial charge in [-0.2, -0.15) is 0 Å². The van der Waals surface area contributed by atoms with Crippen molar-refractivity contribution in [3.63, 3.8) is 0 Å². The van der Waals surface area contributed by atoms with Gasteiger partial charge in [0, 0.05) is 25.0 Å². The molecule has 110 valence electrons. The molecule has 2 fully saturated rings. The normalized spacial score (nSPS) is 22.5. The van der Waals surface area contributed by atoms with Gasteiger partial charge in [-0.25, -0.2) is 0 Å². The molecule has 2 N–H and O–H groups in total. The van der Waals surface area contributed by atoms with Gasteiger partial charge < -0.3 is 10.6 Å². The standard InChI is InChI=1S/C15H29N3O/c1-12(18(2)14-4-5-14)11-17-15(19)6-3-13-7-9-16-10-8-13/h12-14,16H,3-11H2,1-2H3,(H,17,19). The van der Waals surface area contributed by atoms with E-state index >= 15 is 0 Å². The number of likely N-dealkylation sites (N-methyl/N-ethyl adjacent to an activating group) is 1. The first-order chi connectivity index (χ1) is 9.16. The molecule has 1 atom stereocenters. The number of hydrogen-bond acceptors (Lipinski definition) is 3. The van der Waals surface area contributed by atoms with Crippen molar-refractivity contribution in [2.45, 2.75) is 57.5 Å². The average molecular weight is 267 g/mol. The molecule has 0 spiro atoms. The van der Waals surface area contributed by atoms with Gasteiger partial charge >= 0.3 is 0 Å². The third kappa shape index (κ3) is 5.11. The number of carbonyl (C=O) groups is 1. The Morgan fingerprint density at radius 3 is 2.63 bits per heavy atom. The van der Waals surface area contributed by atoms with Crippen LogP contribution in [0.25, 0.3) is 0 Å². The maximum atomic E-state index is 11.9. The topological polar surface area (TPSA) is 44.4 Å². The first kappa shape index (κ1) is 14.8. The van der Waals surface area contributed by atoms with Crippen LogP contribution in [-0.4, -0.2) is 49.6 Å². The van der Waals surface area contributed by atoms with Crippen LogP contribution in [0.4, 0.5) is 0 Å². The fourth-order valence-corrected chi connectivity index (χ4v) is 2.84. The molecule has 1 saturated carbocycles. The summed E-state index contributed by atoms with van der Waals surface area (Å²) in [6.07, 6.45) is 6.86. The van der Waals surface area contributed by atoms with Gasteiger partial charge in [0.1, 0.15) is 0 Å². The highest BCUT2D eigenvalue weighted by Gasteiger charge is 2.29.